The fraction of sp³-hybridized carbons (Fsp3) is 1.00. The molecule has 0 aliphatic carbocycles. The molecule has 0 rings (SSSR count). The minimum atomic E-state index is 0.667. The molecular weight excluding hydrogens is 208 g/mol. The van der Waals surface area contributed by atoms with E-state index in [4.69, 9.17) is 0 Å². The maximum Gasteiger partial charge on any atom is 0.00439 e. The zero-order chi connectivity index (χ0) is 14.0. The molecule has 0 unspecified atom stereocenters. The van der Waals surface area contributed by atoms with Crippen LogP contribution in [0.1, 0.15) is 62.3 Å². The van der Waals surface area contributed by atoms with Gasteiger partial charge >= 0.3 is 0 Å². The van der Waals surface area contributed by atoms with E-state index in [-0.39, 0.29) is 0 Å². The van der Waals surface area contributed by atoms with E-state index >= 15 is 0 Å². The third-order valence-corrected chi connectivity index (χ3v) is 3.13. The predicted octanol–water partition coefficient (Wildman–Crippen LogP) is 3.86. The molecule has 0 aromatic rings. The van der Waals surface area contributed by atoms with Crippen molar-refractivity contribution in [1.82, 2.24) is 9.80 Å². The number of rotatable bonds is 6. The Morgan fingerprint density at radius 2 is 0.824 bits per heavy atom. The van der Waals surface area contributed by atoms with E-state index in [0.29, 0.717) is 18.1 Å². The first-order valence-electron chi connectivity index (χ1n) is 7.31. The van der Waals surface area contributed by atoms with Gasteiger partial charge in [0.15, 0.2) is 0 Å². The van der Waals surface area contributed by atoms with Gasteiger partial charge in [0, 0.05) is 18.1 Å². The lowest BCUT2D eigenvalue weighted by molar-refractivity contribution is 0.133. The second kappa shape index (κ2) is 11.0. The van der Waals surface area contributed by atoms with E-state index in [1.807, 2.05) is 0 Å². The number of hydrogen-bond acceptors (Lipinski definition) is 2. The first-order chi connectivity index (χ1) is 7.81. The van der Waals surface area contributed by atoms with Crippen LogP contribution in [0.2, 0.25) is 0 Å². The summed E-state index contributed by atoms with van der Waals surface area (Å²) in [7, 11) is 0. The molecule has 0 heterocycles. The highest BCUT2D eigenvalue weighted by atomic mass is 15.2. The average Bonchev–Trinajstić information content (AvgIpc) is 2.19. The van der Waals surface area contributed by atoms with Gasteiger partial charge in [-0.05, 0) is 61.2 Å². The van der Waals surface area contributed by atoms with Crippen LogP contribution in [0, 0.1) is 0 Å². The molecule has 0 N–H and O–H groups in total. The Hall–Kier alpha value is -0.0800. The third-order valence-electron chi connectivity index (χ3n) is 3.13. The van der Waals surface area contributed by atoms with Crippen molar-refractivity contribution < 1.29 is 0 Å². The molecule has 0 spiro atoms. The molecule has 2 heteroatoms. The van der Waals surface area contributed by atoms with E-state index in [1.165, 1.54) is 19.6 Å². The largest absolute Gasteiger partial charge is 0.304 e. The molecule has 106 valence electrons. The van der Waals surface area contributed by atoms with E-state index in [9.17, 15) is 0 Å². The molecule has 0 radical (unpaired) electrons. The van der Waals surface area contributed by atoms with Crippen LogP contribution in [0.15, 0.2) is 0 Å². The van der Waals surface area contributed by atoms with E-state index in [1.54, 1.807) is 0 Å². The summed E-state index contributed by atoms with van der Waals surface area (Å²) in [6.45, 7) is 23.6. The summed E-state index contributed by atoms with van der Waals surface area (Å²) < 4.78 is 0. The highest BCUT2D eigenvalue weighted by molar-refractivity contribution is 4.70. The van der Waals surface area contributed by atoms with Gasteiger partial charge in [0.05, 0.1) is 0 Å². The van der Waals surface area contributed by atoms with Gasteiger partial charge in [0.25, 0.3) is 0 Å². The lowest BCUT2D eigenvalue weighted by atomic mass is 10.2. The summed E-state index contributed by atoms with van der Waals surface area (Å²) in [5.74, 6) is 0. The van der Waals surface area contributed by atoms with Gasteiger partial charge in [-0.3, -0.25) is 4.90 Å². The van der Waals surface area contributed by atoms with Crippen LogP contribution in [-0.2, 0) is 0 Å². The summed E-state index contributed by atoms with van der Waals surface area (Å²) in [6, 6.07) is 2.00. The van der Waals surface area contributed by atoms with Crippen LogP contribution in [0.25, 0.3) is 0 Å². The maximum atomic E-state index is 2.50. The smallest absolute Gasteiger partial charge is 0.00439 e. The Labute approximate surface area is 110 Å². The predicted molar refractivity (Wildman–Crippen MR) is 80.7 cm³/mol. The van der Waals surface area contributed by atoms with Crippen LogP contribution in [0.5, 0.6) is 0 Å². The van der Waals surface area contributed by atoms with Gasteiger partial charge in [-0.15, -0.1) is 0 Å². The van der Waals surface area contributed by atoms with Gasteiger partial charge in [-0.2, -0.15) is 0 Å². The van der Waals surface area contributed by atoms with E-state index in [0.717, 1.165) is 0 Å². The summed E-state index contributed by atoms with van der Waals surface area (Å²) >= 11 is 0. The molecule has 0 aliphatic heterocycles. The second-order valence-electron chi connectivity index (χ2n) is 5.35. The summed E-state index contributed by atoms with van der Waals surface area (Å²) in [6.07, 6.45) is 0. The fourth-order valence-corrected chi connectivity index (χ4v) is 2.46. The highest BCUT2D eigenvalue weighted by Crippen LogP contribution is 2.09. The standard InChI is InChI=1S/C9H21N.C6H15N/c1-7(2)10(8(3)4)9(5)6;1-4-7(5-2)6-3/h7-9H,1-6H3;4-6H2,1-3H3. The van der Waals surface area contributed by atoms with Crippen molar-refractivity contribution in [3.63, 3.8) is 0 Å². The van der Waals surface area contributed by atoms with Crippen molar-refractivity contribution in [3.05, 3.63) is 0 Å². The normalized spacial score (nSPS) is 11.6. The average molecular weight is 244 g/mol. The van der Waals surface area contributed by atoms with Crippen molar-refractivity contribution in [2.75, 3.05) is 19.6 Å². The van der Waals surface area contributed by atoms with E-state index < -0.39 is 0 Å². The number of hydrogen-bond donors (Lipinski definition) is 0. The molecule has 0 aromatic carbocycles. The SMILES string of the molecule is CC(C)N(C(C)C)C(C)C.CCN(CC)CC. The van der Waals surface area contributed by atoms with Crippen LogP contribution in [0.3, 0.4) is 0 Å². The lowest BCUT2D eigenvalue weighted by Crippen LogP contribution is -2.42. The molecule has 0 fully saturated rings. The Kier molecular flexibility index (Phi) is 12.5. The van der Waals surface area contributed by atoms with Gasteiger partial charge in [0.2, 0.25) is 0 Å². The maximum absolute atomic E-state index is 2.50. The quantitative estimate of drug-likeness (QED) is 0.700. The zero-order valence-electron chi connectivity index (χ0n) is 13.7. The van der Waals surface area contributed by atoms with Gasteiger partial charge in [-0.1, -0.05) is 20.8 Å². The van der Waals surface area contributed by atoms with Gasteiger partial charge in [0.1, 0.15) is 0 Å². The van der Waals surface area contributed by atoms with Crippen molar-refractivity contribution in [1.29, 1.82) is 0 Å². The van der Waals surface area contributed by atoms with Crippen molar-refractivity contribution in [3.8, 4) is 0 Å². The topological polar surface area (TPSA) is 6.48 Å². The molecule has 0 saturated carbocycles. The molecule has 0 atom stereocenters. The molecule has 0 aliphatic rings. The van der Waals surface area contributed by atoms with Crippen molar-refractivity contribution >= 4 is 0 Å². The monoisotopic (exact) mass is 244 g/mol. The molecule has 0 aromatic heterocycles. The third kappa shape index (κ3) is 9.61. The lowest BCUT2D eigenvalue weighted by Gasteiger charge is -2.34. The zero-order valence-corrected chi connectivity index (χ0v) is 13.7. The highest BCUT2D eigenvalue weighted by Gasteiger charge is 2.15. The molecule has 2 nitrogen and oxygen atoms in total. The Morgan fingerprint density at radius 3 is 0.824 bits per heavy atom. The Balaban J connectivity index is 0. The first-order valence-corrected chi connectivity index (χ1v) is 7.31. The number of nitrogens with zero attached hydrogens (tertiary/aromatic N) is 2. The van der Waals surface area contributed by atoms with Gasteiger partial charge < -0.3 is 4.90 Å². The van der Waals surface area contributed by atoms with Gasteiger partial charge in [-0.25, -0.2) is 0 Å². The van der Waals surface area contributed by atoms with Crippen LogP contribution < -0.4 is 0 Å². The van der Waals surface area contributed by atoms with Crippen LogP contribution in [-0.4, -0.2) is 47.6 Å². The van der Waals surface area contributed by atoms with Crippen LogP contribution in [0.4, 0.5) is 0 Å². The minimum absolute atomic E-state index is 0.667. The summed E-state index contributed by atoms with van der Waals surface area (Å²) in [5, 5.41) is 0. The molecule has 0 amide bonds. The summed E-state index contributed by atoms with van der Waals surface area (Å²) in [4.78, 5) is 4.88. The Morgan fingerprint density at radius 1 is 0.588 bits per heavy atom. The molecular formula is C15H36N2. The molecule has 17 heavy (non-hydrogen) atoms. The Bertz CT molecular complexity index is 124. The van der Waals surface area contributed by atoms with Crippen molar-refractivity contribution in [2.45, 2.75) is 80.4 Å². The molecule has 0 bridgehead atoms. The fourth-order valence-electron chi connectivity index (χ4n) is 2.46. The summed E-state index contributed by atoms with van der Waals surface area (Å²) in [5.41, 5.74) is 0. The van der Waals surface area contributed by atoms with Crippen LogP contribution >= 0.6 is 0 Å². The minimum Gasteiger partial charge on any atom is -0.304 e. The first kappa shape index (κ1) is 19.3. The second-order valence-corrected chi connectivity index (χ2v) is 5.35. The molecule has 0 saturated heterocycles. The van der Waals surface area contributed by atoms with Crippen molar-refractivity contribution in [2.24, 2.45) is 0 Å². The van der Waals surface area contributed by atoms with E-state index in [2.05, 4.69) is 72.1 Å².